The van der Waals surface area contributed by atoms with Gasteiger partial charge in [-0.1, -0.05) is 13.8 Å². The fraction of sp³-hybridized carbons (Fsp3) is 0.923. The van der Waals surface area contributed by atoms with Crippen LogP contribution < -0.4 is 10.6 Å². The molecule has 0 heterocycles. The van der Waals surface area contributed by atoms with E-state index in [4.69, 9.17) is 4.74 Å². The predicted octanol–water partition coefficient (Wildman–Crippen LogP) is 1.55. The molecule has 0 spiro atoms. The molecule has 0 aromatic rings. The second kappa shape index (κ2) is 8.48. The lowest BCUT2D eigenvalue weighted by atomic mass is 10.1. The first kappa shape index (κ1) is 16.4. The topological polar surface area (TPSA) is 50.4 Å². The van der Waals surface area contributed by atoms with Gasteiger partial charge in [0.05, 0.1) is 12.1 Å². The molecule has 0 fully saturated rings. The molecule has 17 heavy (non-hydrogen) atoms. The second-order valence-corrected chi connectivity index (χ2v) is 5.33. The van der Waals surface area contributed by atoms with E-state index in [9.17, 15) is 4.79 Å². The molecule has 0 aliphatic rings. The van der Waals surface area contributed by atoms with E-state index in [0.717, 1.165) is 13.0 Å². The van der Waals surface area contributed by atoms with Crippen LogP contribution in [0.3, 0.4) is 0 Å². The van der Waals surface area contributed by atoms with Crippen LogP contribution in [0.4, 0.5) is 0 Å². The third kappa shape index (κ3) is 10.3. The number of nitrogens with one attached hydrogen (secondary N) is 2. The molecule has 4 nitrogen and oxygen atoms in total. The van der Waals surface area contributed by atoms with Gasteiger partial charge >= 0.3 is 0 Å². The minimum absolute atomic E-state index is 0.0537. The van der Waals surface area contributed by atoms with Gasteiger partial charge in [0, 0.05) is 19.7 Å². The summed E-state index contributed by atoms with van der Waals surface area (Å²) >= 11 is 0. The van der Waals surface area contributed by atoms with Gasteiger partial charge in [0.1, 0.15) is 0 Å². The molecular weight excluding hydrogens is 216 g/mol. The van der Waals surface area contributed by atoms with E-state index in [1.165, 1.54) is 0 Å². The van der Waals surface area contributed by atoms with Gasteiger partial charge in [-0.3, -0.25) is 4.79 Å². The Kier molecular flexibility index (Phi) is 8.17. The summed E-state index contributed by atoms with van der Waals surface area (Å²) in [5.41, 5.74) is -0.215. The summed E-state index contributed by atoms with van der Waals surface area (Å²) in [5, 5.41) is 6.00. The van der Waals surface area contributed by atoms with Crippen molar-refractivity contribution in [2.24, 2.45) is 5.92 Å². The summed E-state index contributed by atoms with van der Waals surface area (Å²) in [5.74, 6) is 0.679. The Balaban J connectivity index is 3.57. The average molecular weight is 244 g/mol. The highest BCUT2D eigenvalue weighted by Gasteiger charge is 2.17. The molecule has 0 saturated heterocycles. The zero-order valence-corrected chi connectivity index (χ0v) is 11.9. The second-order valence-electron chi connectivity index (χ2n) is 5.33. The summed E-state index contributed by atoms with van der Waals surface area (Å²) in [6.07, 6.45) is 1.02. The zero-order chi connectivity index (χ0) is 13.3. The van der Waals surface area contributed by atoms with Crippen molar-refractivity contribution < 1.29 is 9.53 Å². The molecular formula is C13H28N2O2. The van der Waals surface area contributed by atoms with Gasteiger partial charge in [0.2, 0.25) is 5.91 Å². The Labute approximate surface area is 105 Å². The van der Waals surface area contributed by atoms with Gasteiger partial charge in [-0.15, -0.1) is 0 Å². The van der Waals surface area contributed by atoms with E-state index in [1.807, 2.05) is 20.8 Å². The number of carbonyl (C=O) groups is 1. The van der Waals surface area contributed by atoms with Crippen molar-refractivity contribution in [3.63, 3.8) is 0 Å². The zero-order valence-electron chi connectivity index (χ0n) is 11.9. The molecule has 0 bridgehead atoms. The van der Waals surface area contributed by atoms with Gasteiger partial charge < -0.3 is 15.4 Å². The largest absolute Gasteiger partial charge is 0.375 e. The molecule has 0 aromatic heterocycles. The lowest BCUT2D eigenvalue weighted by Gasteiger charge is -2.24. The lowest BCUT2D eigenvalue weighted by Crippen LogP contribution is -2.42. The van der Waals surface area contributed by atoms with E-state index in [2.05, 4.69) is 24.5 Å². The first-order chi connectivity index (χ1) is 7.87. The Morgan fingerprint density at radius 3 is 2.53 bits per heavy atom. The van der Waals surface area contributed by atoms with Crippen LogP contribution >= 0.6 is 0 Å². The lowest BCUT2D eigenvalue weighted by molar-refractivity contribution is -0.120. The quantitative estimate of drug-likeness (QED) is 0.647. The maximum Gasteiger partial charge on any atom is 0.233 e. The highest BCUT2D eigenvalue weighted by molar-refractivity contribution is 5.77. The van der Waals surface area contributed by atoms with Crippen molar-refractivity contribution in [3.05, 3.63) is 0 Å². The first-order valence-corrected chi connectivity index (χ1v) is 6.48. The molecule has 0 saturated carbocycles. The number of ether oxygens (including phenoxy) is 1. The van der Waals surface area contributed by atoms with Gasteiger partial charge in [0.25, 0.3) is 0 Å². The Bertz CT molecular complexity index is 215. The molecule has 0 aliphatic heterocycles. The Hall–Kier alpha value is -0.610. The highest BCUT2D eigenvalue weighted by Crippen LogP contribution is 2.06. The minimum Gasteiger partial charge on any atom is -0.375 e. The summed E-state index contributed by atoms with van der Waals surface area (Å²) in [6.45, 7) is 12.8. The number of carbonyl (C=O) groups excluding carboxylic acids is 1. The minimum atomic E-state index is -0.215. The van der Waals surface area contributed by atoms with E-state index < -0.39 is 0 Å². The van der Waals surface area contributed by atoms with Crippen LogP contribution in [0.1, 0.15) is 41.0 Å². The van der Waals surface area contributed by atoms with Gasteiger partial charge in [0.15, 0.2) is 0 Å². The first-order valence-electron chi connectivity index (χ1n) is 6.48. The van der Waals surface area contributed by atoms with E-state index >= 15 is 0 Å². The van der Waals surface area contributed by atoms with Crippen LogP contribution in [0.2, 0.25) is 0 Å². The van der Waals surface area contributed by atoms with Crippen molar-refractivity contribution in [1.82, 2.24) is 10.6 Å². The van der Waals surface area contributed by atoms with Crippen molar-refractivity contribution >= 4 is 5.91 Å². The van der Waals surface area contributed by atoms with Crippen LogP contribution in [0.15, 0.2) is 0 Å². The molecule has 2 N–H and O–H groups in total. The van der Waals surface area contributed by atoms with Crippen molar-refractivity contribution in [3.8, 4) is 0 Å². The van der Waals surface area contributed by atoms with Crippen molar-refractivity contribution in [1.29, 1.82) is 0 Å². The third-order valence-corrected chi connectivity index (χ3v) is 2.42. The predicted molar refractivity (Wildman–Crippen MR) is 71.0 cm³/mol. The Morgan fingerprint density at radius 1 is 1.35 bits per heavy atom. The molecule has 0 rings (SSSR count). The molecule has 0 atom stereocenters. The monoisotopic (exact) mass is 244 g/mol. The van der Waals surface area contributed by atoms with Crippen LogP contribution in [-0.4, -0.2) is 37.7 Å². The molecule has 0 aromatic carbocycles. The van der Waals surface area contributed by atoms with E-state index in [1.54, 1.807) is 0 Å². The summed E-state index contributed by atoms with van der Waals surface area (Å²) in [4.78, 5) is 11.5. The fourth-order valence-electron chi connectivity index (χ4n) is 1.48. The van der Waals surface area contributed by atoms with Gasteiger partial charge in [-0.2, -0.15) is 0 Å². The van der Waals surface area contributed by atoms with Crippen LogP contribution in [-0.2, 0) is 9.53 Å². The van der Waals surface area contributed by atoms with Gasteiger partial charge in [-0.25, -0.2) is 0 Å². The third-order valence-electron chi connectivity index (χ3n) is 2.42. The fourth-order valence-corrected chi connectivity index (χ4v) is 1.48. The average Bonchev–Trinajstić information content (AvgIpc) is 2.16. The molecule has 1 amide bonds. The number of rotatable bonds is 9. The summed E-state index contributed by atoms with van der Waals surface area (Å²) in [7, 11) is 0. The van der Waals surface area contributed by atoms with E-state index in [-0.39, 0.29) is 11.5 Å². The molecule has 102 valence electrons. The number of hydrogen-bond donors (Lipinski definition) is 2. The maximum absolute atomic E-state index is 11.5. The normalized spacial score (nSPS) is 11.9. The van der Waals surface area contributed by atoms with Crippen molar-refractivity contribution in [2.45, 2.75) is 46.6 Å². The van der Waals surface area contributed by atoms with Crippen LogP contribution in [0.25, 0.3) is 0 Å². The standard InChI is InChI=1S/C13H28N2O2/c1-6-17-13(4,5)10-14-9-12(16)15-8-7-11(2)3/h11,14H,6-10H2,1-5H3,(H,15,16). The SMILES string of the molecule is CCOC(C)(C)CNCC(=O)NCCC(C)C. The van der Waals surface area contributed by atoms with Crippen molar-refractivity contribution in [2.75, 3.05) is 26.2 Å². The van der Waals surface area contributed by atoms with Gasteiger partial charge in [-0.05, 0) is 33.1 Å². The highest BCUT2D eigenvalue weighted by atomic mass is 16.5. The van der Waals surface area contributed by atoms with E-state index in [0.29, 0.717) is 25.6 Å². The molecule has 0 aliphatic carbocycles. The Morgan fingerprint density at radius 2 is 2.00 bits per heavy atom. The van der Waals surface area contributed by atoms with Crippen LogP contribution in [0, 0.1) is 5.92 Å². The summed E-state index contributed by atoms with van der Waals surface area (Å²) < 4.78 is 5.53. The smallest absolute Gasteiger partial charge is 0.233 e. The summed E-state index contributed by atoms with van der Waals surface area (Å²) in [6, 6.07) is 0. The number of hydrogen-bond acceptors (Lipinski definition) is 3. The molecule has 0 unspecified atom stereocenters. The molecule has 4 heteroatoms. The number of amides is 1. The maximum atomic E-state index is 11.5. The van der Waals surface area contributed by atoms with Crippen LogP contribution in [0.5, 0.6) is 0 Å². The molecule has 0 radical (unpaired) electrons.